The topological polar surface area (TPSA) is 116 Å². The summed E-state index contributed by atoms with van der Waals surface area (Å²) in [6, 6.07) is 4.09. The fourth-order valence-electron chi connectivity index (χ4n) is 1.40. The van der Waals surface area contributed by atoms with Gasteiger partial charge in [-0.3, -0.25) is 10.1 Å². The molecule has 8 heteroatoms. The van der Waals surface area contributed by atoms with Gasteiger partial charge >= 0.3 is 12.0 Å². The van der Waals surface area contributed by atoms with E-state index >= 15 is 0 Å². The van der Waals surface area contributed by atoms with Gasteiger partial charge in [-0.15, -0.1) is 0 Å². The minimum absolute atomic E-state index is 0.0361. The largest absolute Gasteiger partial charge is 0.476 e. The van der Waals surface area contributed by atoms with Crippen LogP contribution >= 0.6 is 0 Å². The molecule has 1 heterocycles. The van der Waals surface area contributed by atoms with Gasteiger partial charge in [0.15, 0.2) is 5.69 Å². The highest BCUT2D eigenvalue weighted by atomic mass is 16.6. The number of aromatic carboxylic acids is 1. The predicted octanol–water partition coefficient (Wildman–Crippen LogP) is 2.38. The van der Waals surface area contributed by atoms with Crippen molar-refractivity contribution in [1.29, 1.82) is 0 Å². The lowest BCUT2D eigenvalue weighted by atomic mass is 10.2. The standard InChI is InChI=1S/C11H8N2O6/c1-6-4-7(2-3-9(6)13(16)17)19-11-12-8(5-18-11)10(14)15/h2-5H,1H3,(H,14,15). The van der Waals surface area contributed by atoms with Gasteiger partial charge in [0.25, 0.3) is 5.69 Å². The molecular weight excluding hydrogens is 256 g/mol. The Bertz CT molecular complexity index is 648. The van der Waals surface area contributed by atoms with Crippen LogP contribution in [0, 0.1) is 17.0 Å². The van der Waals surface area contributed by atoms with E-state index in [0.717, 1.165) is 6.26 Å². The number of hydrogen-bond donors (Lipinski definition) is 1. The maximum atomic E-state index is 10.6. The number of rotatable bonds is 4. The summed E-state index contributed by atoms with van der Waals surface area (Å²) in [5, 5.41) is 19.3. The van der Waals surface area contributed by atoms with Crippen molar-refractivity contribution in [2.24, 2.45) is 0 Å². The van der Waals surface area contributed by atoms with Crippen LogP contribution < -0.4 is 4.74 Å². The van der Waals surface area contributed by atoms with Crippen LogP contribution in [-0.2, 0) is 0 Å². The first-order valence-corrected chi connectivity index (χ1v) is 5.09. The third kappa shape index (κ3) is 2.68. The summed E-state index contributed by atoms with van der Waals surface area (Å²) in [5.74, 6) is -0.972. The first kappa shape index (κ1) is 12.6. The highest BCUT2D eigenvalue weighted by Gasteiger charge is 2.14. The van der Waals surface area contributed by atoms with Crippen LogP contribution in [-0.4, -0.2) is 21.0 Å². The highest BCUT2D eigenvalue weighted by Crippen LogP contribution is 2.26. The molecule has 0 saturated heterocycles. The number of aromatic nitrogens is 1. The smallest absolute Gasteiger partial charge is 0.399 e. The second kappa shape index (κ2) is 4.77. The predicted molar refractivity (Wildman–Crippen MR) is 61.4 cm³/mol. The van der Waals surface area contributed by atoms with Crippen molar-refractivity contribution in [3.63, 3.8) is 0 Å². The Morgan fingerprint density at radius 3 is 2.79 bits per heavy atom. The summed E-state index contributed by atoms with van der Waals surface area (Å²) in [6.07, 6.45) is 0.696. The van der Waals surface area contributed by atoms with Gasteiger partial charge in [-0.1, -0.05) is 0 Å². The number of hydrogen-bond acceptors (Lipinski definition) is 6. The van der Waals surface area contributed by atoms with Gasteiger partial charge in [0, 0.05) is 11.6 Å². The Morgan fingerprint density at radius 1 is 1.53 bits per heavy atom. The molecule has 0 bridgehead atoms. The second-order valence-corrected chi connectivity index (χ2v) is 3.61. The molecular formula is C11H8N2O6. The van der Waals surface area contributed by atoms with Crippen molar-refractivity contribution < 1.29 is 24.0 Å². The van der Waals surface area contributed by atoms with Crippen LogP contribution in [0.3, 0.4) is 0 Å². The molecule has 98 valence electrons. The first-order valence-electron chi connectivity index (χ1n) is 5.09. The van der Waals surface area contributed by atoms with Crippen molar-refractivity contribution in [2.75, 3.05) is 0 Å². The molecule has 8 nitrogen and oxygen atoms in total. The summed E-state index contributed by atoms with van der Waals surface area (Å²) >= 11 is 0. The van der Waals surface area contributed by atoms with E-state index in [4.69, 9.17) is 14.3 Å². The molecule has 0 radical (unpaired) electrons. The first-order chi connectivity index (χ1) is 8.97. The van der Waals surface area contributed by atoms with Crippen molar-refractivity contribution >= 4 is 11.7 Å². The van der Waals surface area contributed by atoms with Gasteiger partial charge in [-0.2, -0.15) is 4.98 Å². The van der Waals surface area contributed by atoms with Gasteiger partial charge < -0.3 is 14.3 Å². The maximum absolute atomic E-state index is 10.6. The molecule has 1 aromatic carbocycles. The van der Waals surface area contributed by atoms with E-state index in [-0.39, 0.29) is 23.2 Å². The number of nitro groups is 1. The molecule has 1 aromatic heterocycles. The van der Waals surface area contributed by atoms with E-state index in [0.29, 0.717) is 5.56 Å². The fourth-order valence-corrected chi connectivity index (χ4v) is 1.40. The van der Waals surface area contributed by atoms with Crippen LogP contribution in [0.4, 0.5) is 5.69 Å². The van der Waals surface area contributed by atoms with Crippen molar-refractivity contribution in [3.05, 3.63) is 45.8 Å². The summed E-state index contributed by atoms with van der Waals surface area (Å²) in [4.78, 5) is 24.3. The summed E-state index contributed by atoms with van der Waals surface area (Å²) in [5.41, 5.74) is 0.0899. The number of aryl methyl sites for hydroxylation is 1. The molecule has 0 aliphatic carbocycles. The molecule has 0 aliphatic rings. The quantitative estimate of drug-likeness (QED) is 0.665. The number of carbonyl (C=O) groups is 1. The molecule has 0 amide bonds. The Balaban J connectivity index is 2.21. The zero-order valence-corrected chi connectivity index (χ0v) is 9.69. The number of nitro benzene ring substituents is 1. The Morgan fingerprint density at radius 2 is 2.26 bits per heavy atom. The lowest BCUT2D eigenvalue weighted by Crippen LogP contribution is -1.96. The van der Waals surface area contributed by atoms with Gasteiger partial charge in [0.2, 0.25) is 0 Å². The van der Waals surface area contributed by atoms with Crippen molar-refractivity contribution in [1.82, 2.24) is 4.98 Å². The van der Waals surface area contributed by atoms with E-state index in [1.807, 2.05) is 0 Å². The van der Waals surface area contributed by atoms with E-state index in [1.54, 1.807) is 6.92 Å². The van der Waals surface area contributed by atoms with Crippen molar-refractivity contribution in [3.8, 4) is 11.8 Å². The molecule has 19 heavy (non-hydrogen) atoms. The monoisotopic (exact) mass is 264 g/mol. The number of oxazole rings is 1. The Labute approximate surface area is 106 Å². The lowest BCUT2D eigenvalue weighted by Gasteiger charge is -2.02. The van der Waals surface area contributed by atoms with E-state index in [9.17, 15) is 14.9 Å². The molecule has 0 unspecified atom stereocenters. The minimum atomic E-state index is -1.24. The molecule has 0 fully saturated rings. The number of nitrogens with zero attached hydrogens (tertiary/aromatic N) is 2. The number of benzene rings is 1. The van der Waals surface area contributed by atoms with E-state index < -0.39 is 10.9 Å². The van der Waals surface area contributed by atoms with Gasteiger partial charge in [0.1, 0.15) is 12.0 Å². The normalized spacial score (nSPS) is 10.2. The van der Waals surface area contributed by atoms with Crippen molar-refractivity contribution in [2.45, 2.75) is 6.92 Å². The zero-order chi connectivity index (χ0) is 14.0. The molecule has 0 saturated carbocycles. The molecule has 1 N–H and O–H groups in total. The van der Waals surface area contributed by atoms with E-state index in [2.05, 4.69) is 4.98 Å². The molecule has 0 spiro atoms. The van der Waals surface area contributed by atoms with Gasteiger partial charge in [-0.25, -0.2) is 4.79 Å². The van der Waals surface area contributed by atoms with E-state index in [1.165, 1.54) is 18.2 Å². The Hall–Kier alpha value is -2.90. The average Bonchev–Trinajstić information content (AvgIpc) is 2.77. The summed E-state index contributed by atoms with van der Waals surface area (Å²) in [6.45, 7) is 1.56. The maximum Gasteiger partial charge on any atom is 0.399 e. The van der Waals surface area contributed by atoms with Crippen LogP contribution in [0.1, 0.15) is 16.1 Å². The van der Waals surface area contributed by atoms with Crippen LogP contribution in [0.5, 0.6) is 11.8 Å². The van der Waals surface area contributed by atoms with Crippen LogP contribution in [0.2, 0.25) is 0 Å². The third-order valence-corrected chi connectivity index (χ3v) is 2.27. The number of carboxylic acids is 1. The molecule has 0 aliphatic heterocycles. The fraction of sp³-hybridized carbons (Fsp3) is 0.0909. The minimum Gasteiger partial charge on any atom is -0.476 e. The van der Waals surface area contributed by atoms with Crippen LogP contribution in [0.25, 0.3) is 0 Å². The highest BCUT2D eigenvalue weighted by molar-refractivity contribution is 5.84. The molecule has 2 aromatic rings. The van der Waals surface area contributed by atoms with Crippen LogP contribution in [0.15, 0.2) is 28.9 Å². The molecule has 0 atom stereocenters. The SMILES string of the molecule is Cc1cc(Oc2nc(C(=O)O)co2)ccc1[N+](=O)[O-]. The van der Waals surface area contributed by atoms with Gasteiger partial charge in [0.05, 0.1) is 4.92 Å². The lowest BCUT2D eigenvalue weighted by molar-refractivity contribution is -0.385. The Kier molecular flexibility index (Phi) is 3.15. The zero-order valence-electron chi connectivity index (χ0n) is 9.69. The molecule has 2 rings (SSSR count). The number of ether oxygens (including phenoxy) is 1. The third-order valence-electron chi connectivity index (χ3n) is 2.27. The summed E-state index contributed by atoms with van der Waals surface area (Å²) < 4.78 is 9.96. The summed E-state index contributed by atoms with van der Waals surface area (Å²) in [7, 11) is 0. The van der Waals surface area contributed by atoms with Gasteiger partial charge in [-0.05, 0) is 19.1 Å². The average molecular weight is 264 g/mol. The number of carboxylic acid groups (broad SMARTS) is 1. The second-order valence-electron chi connectivity index (χ2n) is 3.61.